The highest BCUT2D eigenvalue weighted by atomic mass is 32.1. The second-order valence-corrected chi connectivity index (χ2v) is 6.20. The minimum atomic E-state index is 0.478. The number of hydrogen-bond donors (Lipinski definition) is 1. The Labute approximate surface area is 128 Å². The molecule has 0 aliphatic heterocycles. The average Bonchev–Trinajstić information content (AvgIpc) is 3.09. The fourth-order valence-electron chi connectivity index (χ4n) is 2.50. The van der Waals surface area contributed by atoms with Gasteiger partial charge in [0.15, 0.2) is 5.82 Å². The van der Waals surface area contributed by atoms with Crippen LogP contribution < -0.4 is 5.73 Å². The molecule has 0 bridgehead atoms. The molecule has 0 radical (unpaired) electrons. The van der Waals surface area contributed by atoms with E-state index >= 15 is 0 Å². The molecular formula is C17H18N2OS. The predicted octanol–water partition coefficient (Wildman–Crippen LogP) is 4.47. The van der Waals surface area contributed by atoms with E-state index in [4.69, 9.17) is 10.3 Å². The molecule has 3 aromatic rings. The summed E-state index contributed by atoms with van der Waals surface area (Å²) in [4.78, 5) is 1.40. The molecule has 0 saturated heterocycles. The third-order valence-corrected chi connectivity index (χ3v) is 4.44. The van der Waals surface area contributed by atoms with Crippen molar-refractivity contribution in [2.75, 3.05) is 5.73 Å². The molecule has 2 heterocycles. The number of nitrogens with two attached hydrogens (primary N) is 1. The molecule has 0 unspecified atom stereocenters. The van der Waals surface area contributed by atoms with Crippen LogP contribution in [0.15, 0.2) is 46.3 Å². The van der Waals surface area contributed by atoms with E-state index in [2.05, 4.69) is 47.8 Å². The van der Waals surface area contributed by atoms with E-state index in [1.807, 2.05) is 6.07 Å². The second-order valence-electron chi connectivity index (χ2n) is 5.17. The number of benzene rings is 1. The van der Waals surface area contributed by atoms with Crippen molar-refractivity contribution in [3.8, 4) is 11.1 Å². The zero-order valence-corrected chi connectivity index (χ0v) is 12.8. The maximum Gasteiger partial charge on any atom is 0.175 e. The van der Waals surface area contributed by atoms with E-state index in [1.165, 1.54) is 10.4 Å². The van der Waals surface area contributed by atoms with Crippen LogP contribution in [-0.2, 0) is 12.8 Å². The highest BCUT2D eigenvalue weighted by molar-refractivity contribution is 7.09. The topological polar surface area (TPSA) is 52.0 Å². The fraction of sp³-hybridized carbons (Fsp3) is 0.235. The van der Waals surface area contributed by atoms with E-state index in [9.17, 15) is 0 Å². The maximum absolute atomic E-state index is 5.99. The first-order valence-corrected chi connectivity index (χ1v) is 7.95. The summed E-state index contributed by atoms with van der Waals surface area (Å²) in [6.45, 7) is 2.07. The van der Waals surface area contributed by atoms with Gasteiger partial charge in [-0.3, -0.25) is 0 Å². The molecule has 2 N–H and O–H groups in total. The lowest BCUT2D eigenvalue weighted by Crippen LogP contribution is -1.92. The molecule has 0 fully saturated rings. The first-order valence-electron chi connectivity index (χ1n) is 7.07. The zero-order valence-electron chi connectivity index (χ0n) is 12.0. The third-order valence-electron chi connectivity index (χ3n) is 3.50. The van der Waals surface area contributed by atoms with Crippen molar-refractivity contribution in [1.29, 1.82) is 0 Å². The highest BCUT2D eigenvalue weighted by Crippen LogP contribution is 2.31. The second kappa shape index (κ2) is 6.14. The van der Waals surface area contributed by atoms with Gasteiger partial charge < -0.3 is 10.3 Å². The molecule has 0 amide bonds. The van der Waals surface area contributed by atoms with Crippen LogP contribution in [0.5, 0.6) is 0 Å². The Hall–Kier alpha value is -2.07. The van der Waals surface area contributed by atoms with Crippen LogP contribution in [-0.4, -0.2) is 5.16 Å². The minimum Gasteiger partial charge on any atom is -0.380 e. The molecule has 3 nitrogen and oxygen atoms in total. The Balaban J connectivity index is 1.77. The number of anilines is 1. The van der Waals surface area contributed by atoms with E-state index < -0.39 is 0 Å². The van der Waals surface area contributed by atoms with Crippen molar-refractivity contribution >= 4 is 17.2 Å². The molecule has 3 rings (SSSR count). The van der Waals surface area contributed by atoms with Gasteiger partial charge in [0.25, 0.3) is 0 Å². The van der Waals surface area contributed by atoms with Gasteiger partial charge in [-0.15, -0.1) is 11.3 Å². The lowest BCUT2D eigenvalue weighted by Gasteiger charge is -2.03. The smallest absolute Gasteiger partial charge is 0.175 e. The maximum atomic E-state index is 5.99. The SMILES string of the molecule is Cc1cccc(-c2c(N)noc2CCCc2cccs2)c1. The summed E-state index contributed by atoms with van der Waals surface area (Å²) in [7, 11) is 0. The number of rotatable bonds is 5. The molecule has 0 aliphatic rings. The number of nitrogen functional groups attached to an aromatic ring is 1. The number of aromatic nitrogens is 1. The lowest BCUT2D eigenvalue weighted by atomic mass is 10.0. The molecule has 2 aromatic heterocycles. The minimum absolute atomic E-state index is 0.478. The van der Waals surface area contributed by atoms with Crippen LogP contribution in [0.25, 0.3) is 11.1 Å². The summed E-state index contributed by atoms with van der Waals surface area (Å²) < 4.78 is 5.44. The molecule has 21 heavy (non-hydrogen) atoms. The van der Waals surface area contributed by atoms with Gasteiger partial charge in [-0.1, -0.05) is 41.1 Å². The first-order chi connectivity index (χ1) is 10.2. The number of thiophene rings is 1. The van der Waals surface area contributed by atoms with E-state index in [0.717, 1.165) is 36.1 Å². The quantitative estimate of drug-likeness (QED) is 0.756. The van der Waals surface area contributed by atoms with Gasteiger partial charge in [-0.25, -0.2) is 0 Å². The van der Waals surface area contributed by atoms with E-state index in [-0.39, 0.29) is 0 Å². The first kappa shape index (κ1) is 13.9. The Morgan fingerprint density at radius 2 is 2.10 bits per heavy atom. The van der Waals surface area contributed by atoms with Gasteiger partial charge in [0.05, 0.1) is 5.56 Å². The summed E-state index contributed by atoms with van der Waals surface area (Å²) in [6, 6.07) is 12.5. The van der Waals surface area contributed by atoms with Crippen molar-refractivity contribution in [1.82, 2.24) is 5.16 Å². The molecule has 108 valence electrons. The molecule has 0 atom stereocenters. The average molecular weight is 298 g/mol. The lowest BCUT2D eigenvalue weighted by molar-refractivity contribution is 0.384. The van der Waals surface area contributed by atoms with Crippen LogP contribution in [0, 0.1) is 6.92 Å². The summed E-state index contributed by atoms with van der Waals surface area (Å²) >= 11 is 1.79. The van der Waals surface area contributed by atoms with E-state index in [1.54, 1.807) is 11.3 Å². The predicted molar refractivity (Wildman–Crippen MR) is 87.4 cm³/mol. The molecule has 1 aromatic carbocycles. The molecule has 0 aliphatic carbocycles. The molecule has 0 saturated carbocycles. The Morgan fingerprint density at radius 1 is 1.19 bits per heavy atom. The van der Waals surface area contributed by atoms with Gasteiger partial charge in [0, 0.05) is 11.3 Å². The molecular weight excluding hydrogens is 280 g/mol. The van der Waals surface area contributed by atoms with Crippen molar-refractivity contribution in [2.24, 2.45) is 0 Å². The monoisotopic (exact) mass is 298 g/mol. The van der Waals surface area contributed by atoms with Gasteiger partial charge in [-0.05, 0) is 36.8 Å². The van der Waals surface area contributed by atoms with Crippen LogP contribution in [0.3, 0.4) is 0 Å². The van der Waals surface area contributed by atoms with Crippen molar-refractivity contribution < 1.29 is 4.52 Å². The number of nitrogens with zero attached hydrogens (tertiary/aromatic N) is 1. The van der Waals surface area contributed by atoms with Gasteiger partial charge in [0.2, 0.25) is 0 Å². The van der Waals surface area contributed by atoms with Gasteiger partial charge in [0.1, 0.15) is 5.76 Å². The zero-order chi connectivity index (χ0) is 14.7. The largest absolute Gasteiger partial charge is 0.380 e. The fourth-order valence-corrected chi connectivity index (χ4v) is 3.25. The normalized spacial score (nSPS) is 10.9. The summed E-state index contributed by atoms with van der Waals surface area (Å²) in [5.74, 6) is 1.36. The summed E-state index contributed by atoms with van der Waals surface area (Å²) in [5.41, 5.74) is 9.23. The summed E-state index contributed by atoms with van der Waals surface area (Å²) in [5, 5.41) is 6.05. The standard InChI is InChI=1S/C17H18N2OS/c1-12-5-2-6-13(11-12)16-15(20-19-17(16)18)9-3-7-14-8-4-10-21-14/h2,4-6,8,10-11H,3,7,9H2,1H3,(H2,18,19). The van der Waals surface area contributed by atoms with Crippen LogP contribution in [0.4, 0.5) is 5.82 Å². The van der Waals surface area contributed by atoms with Crippen molar-refractivity contribution in [2.45, 2.75) is 26.2 Å². The Bertz CT molecular complexity index is 716. The third kappa shape index (κ3) is 3.16. The van der Waals surface area contributed by atoms with Crippen molar-refractivity contribution in [3.63, 3.8) is 0 Å². The Kier molecular flexibility index (Phi) is 4.06. The van der Waals surface area contributed by atoms with Crippen LogP contribution in [0.2, 0.25) is 0 Å². The number of aryl methyl sites for hydroxylation is 3. The summed E-state index contributed by atoms with van der Waals surface area (Å²) in [6.07, 6.45) is 2.95. The van der Waals surface area contributed by atoms with E-state index in [0.29, 0.717) is 5.82 Å². The molecule has 0 spiro atoms. The Morgan fingerprint density at radius 3 is 2.86 bits per heavy atom. The van der Waals surface area contributed by atoms with Crippen molar-refractivity contribution in [3.05, 3.63) is 58.0 Å². The van der Waals surface area contributed by atoms with Gasteiger partial charge in [-0.2, -0.15) is 0 Å². The van der Waals surface area contributed by atoms with Crippen LogP contribution in [0.1, 0.15) is 22.6 Å². The number of hydrogen-bond acceptors (Lipinski definition) is 4. The van der Waals surface area contributed by atoms with Crippen LogP contribution >= 0.6 is 11.3 Å². The molecule has 4 heteroatoms. The highest BCUT2D eigenvalue weighted by Gasteiger charge is 2.15. The van der Waals surface area contributed by atoms with Gasteiger partial charge >= 0.3 is 0 Å².